The fraction of sp³-hybridized carbons (Fsp3) is 0.516. The maximum Gasteiger partial charge on any atom is 0.306 e. The molecule has 2 aliphatic rings. The van der Waals surface area contributed by atoms with Crippen molar-refractivity contribution in [3.63, 3.8) is 0 Å². The van der Waals surface area contributed by atoms with Crippen LogP contribution < -0.4 is 14.4 Å². The molecule has 0 radical (unpaired) electrons. The lowest BCUT2D eigenvalue weighted by Crippen LogP contribution is -2.47. The summed E-state index contributed by atoms with van der Waals surface area (Å²) in [6.45, 7) is 9.47. The quantitative estimate of drug-likeness (QED) is 0.446. The highest BCUT2D eigenvalue weighted by molar-refractivity contribution is 6.30. The first-order chi connectivity index (χ1) is 19.4. The van der Waals surface area contributed by atoms with Gasteiger partial charge in [0.2, 0.25) is 5.91 Å². The van der Waals surface area contributed by atoms with E-state index in [4.69, 9.17) is 25.8 Å². The Labute approximate surface area is 246 Å². The van der Waals surface area contributed by atoms with Crippen LogP contribution in [0.25, 0.3) is 0 Å². The third-order valence-corrected chi connectivity index (χ3v) is 7.63. The molecule has 2 aromatic carbocycles. The average Bonchev–Trinajstić information content (AvgIpc) is 3.03. The molecule has 2 amide bonds. The standard InChI is InChI=1S/C31H39ClN2O7/c1-6-40-25-16-21(39-5)8-9-22(25)28-23-15-20(32)7-10-24(23)34(18-31(2,3)4)29(36)26(41-28)17-27(35)33-13-11-19(12-14-33)30(37)38/h7-10,15-16,19,26,28H,6,11-14,17-18H2,1-5H3,(H,37,38)/t26-,28-/m0/s1. The lowest BCUT2D eigenvalue weighted by atomic mass is 9.94. The number of likely N-dealkylation sites (tertiary alicyclic amines) is 1. The Bertz CT molecular complexity index is 1280. The summed E-state index contributed by atoms with van der Waals surface area (Å²) in [7, 11) is 1.58. The van der Waals surface area contributed by atoms with E-state index in [0.717, 1.165) is 0 Å². The summed E-state index contributed by atoms with van der Waals surface area (Å²) in [6.07, 6.45) is -1.26. The van der Waals surface area contributed by atoms with E-state index in [-0.39, 0.29) is 23.7 Å². The topological polar surface area (TPSA) is 106 Å². The van der Waals surface area contributed by atoms with Crippen LogP contribution >= 0.6 is 11.6 Å². The zero-order valence-electron chi connectivity index (χ0n) is 24.3. The van der Waals surface area contributed by atoms with Crippen LogP contribution in [0, 0.1) is 11.3 Å². The summed E-state index contributed by atoms with van der Waals surface area (Å²) >= 11 is 6.49. The van der Waals surface area contributed by atoms with E-state index in [1.54, 1.807) is 41.2 Å². The van der Waals surface area contributed by atoms with Crippen molar-refractivity contribution in [3.05, 3.63) is 52.5 Å². The number of aliphatic carboxylic acids is 1. The maximum atomic E-state index is 14.2. The fourth-order valence-corrected chi connectivity index (χ4v) is 5.57. The lowest BCUT2D eigenvalue weighted by Gasteiger charge is -2.33. The first-order valence-corrected chi connectivity index (χ1v) is 14.4. The summed E-state index contributed by atoms with van der Waals surface area (Å²) in [5, 5.41) is 9.84. The monoisotopic (exact) mass is 586 g/mol. The van der Waals surface area contributed by atoms with Crippen LogP contribution in [-0.4, -0.2) is 67.2 Å². The normalized spacial score (nSPS) is 19.9. The maximum absolute atomic E-state index is 14.2. The first kappa shape index (κ1) is 30.7. The molecule has 2 aliphatic heterocycles. The van der Waals surface area contributed by atoms with Crippen molar-refractivity contribution in [2.45, 2.75) is 59.2 Å². The zero-order chi connectivity index (χ0) is 29.9. The number of amides is 2. The summed E-state index contributed by atoms with van der Waals surface area (Å²) < 4.78 is 18.0. The number of carboxylic acids is 1. The number of fused-ring (bicyclic) bond motifs is 1. The van der Waals surface area contributed by atoms with E-state index in [2.05, 4.69) is 0 Å². The number of carboxylic acid groups (broad SMARTS) is 1. The number of nitrogens with zero attached hydrogens (tertiary/aromatic N) is 2. The van der Waals surface area contributed by atoms with Gasteiger partial charge in [-0.1, -0.05) is 32.4 Å². The van der Waals surface area contributed by atoms with Gasteiger partial charge in [-0.05, 0) is 55.5 Å². The molecule has 0 aromatic heterocycles. The molecule has 0 unspecified atom stereocenters. The molecule has 222 valence electrons. The Morgan fingerprint density at radius 2 is 1.80 bits per heavy atom. The molecule has 2 heterocycles. The predicted molar refractivity (Wildman–Crippen MR) is 156 cm³/mol. The Morgan fingerprint density at radius 3 is 2.41 bits per heavy atom. The van der Waals surface area contributed by atoms with Gasteiger partial charge in [-0.25, -0.2) is 0 Å². The van der Waals surface area contributed by atoms with Crippen LogP contribution in [0.2, 0.25) is 5.02 Å². The number of methoxy groups -OCH3 is 1. The molecule has 1 fully saturated rings. The van der Waals surface area contributed by atoms with Crippen molar-refractivity contribution in [2.24, 2.45) is 11.3 Å². The van der Waals surface area contributed by atoms with Crippen LogP contribution in [0.5, 0.6) is 11.5 Å². The minimum absolute atomic E-state index is 0.171. The van der Waals surface area contributed by atoms with Gasteiger partial charge in [-0.15, -0.1) is 0 Å². The first-order valence-electron chi connectivity index (χ1n) is 14.0. The van der Waals surface area contributed by atoms with E-state index >= 15 is 0 Å². The number of carbonyl (C=O) groups is 3. The molecule has 0 bridgehead atoms. The smallest absolute Gasteiger partial charge is 0.306 e. The van der Waals surface area contributed by atoms with Gasteiger partial charge >= 0.3 is 5.97 Å². The van der Waals surface area contributed by atoms with Gasteiger partial charge in [0.25, 0.3) is 5.91 Å². The Morgan fingerprint density at radius 1 is 1.10 bits per heavy atom. The molecular weight excluding hydrogens is 548 g/mol. The van der Waals surface area contributed by atoms with Gasteiger partial charge in [0.05, 0.1) is 26.1 Å². The second-order valence-electron chi connectivity index (χ2n) is 11.7. The molecule has 9 nitrogen and oxygen atoms in total. The van der Waals surface area contributed by atoms with Crippen LogP contribution in [0.15, 0.2) is 36.4 Å². The van der Waals surface area contributed by atoms with Crippen molar-refractivity contribution < 1.29 is 33.7 Å². The van der Waals surface area contributed by atoms with Crippen molar-refractivity contribution in [1.82, 2.24) is 4.90 Å². The Balaban J connectivity index is 1.77. The molecule has 41 heavy (non-hydrogen) atoms. The van der Waals surface area contributed by atoms with Crippen LogP contribution in [0.4, 0.5) is 5.69 Å². The summed E-state index contributed by atoms with van der Waals surface area (Å²) in [5.74, 6) is -0.718. The second kappa shape index (κ2) is 12.7. The molecule has 10 heteroatoms. The SMILES string of the molecule is CCOc1cc(OC)ccc1[C@@H]1O[C@@H](CC(=O)N2CCC(C(=O)O)CC2)C(=O)N(CC(C)(C)C)c2ccc(Cl)cc21. The highest BCUT2D eigenvalue weighted by Crippen LogP contribution is 2.44. The molecule has 1 N–H and O–H groups in total. The van der Waals surface area contributed by atoms with Crippen molar-refractivity contribution >= 4 is 35.1 Å². The molecule has 4 rings (SSSR count). The highest BCUT2D eigenvalue weighted by atomic mass is 35.5. The van der Waals surface area contributed by atoms with Gasteiger partial charge in [-0.2, -0.15) is 0 Å². The summed E-state index contributed by atoms with van der Waals surface area (Å²) in [6, 6.07) is 10.8. The van der Waals surface area contributed by atoms with Gasteiger partial charge in [0.1, 0.15) is 23.7 Å². The largest absolute Gasteiger partial charge is 0.497 e. The highest BCUT2D eigenvalue weighted by Gasteiger charge is 2.41. The van der Waals surface area contributed by atoms with E-state index in [0.29, 0.717) is 72.4 Å². The number of rotatable bonds is 8. The van der Waals surface area contributed by atoms with Gasteiger partial charge < -0.3 is 29.1 Å². The summed E-state index contributed by atoms with van der Waals surface area (Å²) in [4.78, 5) is 42.4. The minimum Gasteiger partial charge on any atom is -0.497 e. The Kier molecular flexibility index (Phi) is 9.49. The van der Waals surface area contributed by atoms with Gasteiger partial charge in [-0.3, -0.25) is 14.4 Å². The number of benzene rings is 2. The third-order valence-electron chi connectivity index (χ3n) is 7.40. The van der Waals surface area contributed by atoms with Gasteiger partial charge in [0.15, 0.2) is 0 Å². The van der Waals surface area contributed by atoms with Crippen molar-refractivity contribution in [1.29, 1.82) is 0 Å². The van der Waals surface area contributed by atoms with Crippen molar-refractivity contribution in [2.75, 3.05) is 38.3 Å². The molecular formula is C31H39ClN2O7. The van der Waals surface area contributed by atoms with Crippen LogP contribution in [0.3, 0.4) is 0 Å². The molecule has 0 aliphatic carbocycles. The average molecular weight is 587 g/mol. The number of hydrogen-bond donors (Lipinski definition) is 1. The summed E-state index contributed by atoms with van der Waals surface area (Å²) in [5.41, 5.74) is 1.78. The number of halogens is 1. The van der Waals surface area contributed by atoms with Gasteiger partial charge in [0, 0.05) is 47.5 Å². The molecule has 1 saturated heterocycles. The van der Waals surface area contributed by atoms with Crippen LogP contribution in [0.1, 0.15) is 64.2 Å². The van der Waals surface area contributed by atoms with E-state index in [1.165, 1.54) is 0 Å². The molecule has 2 atom stereocenters. The fourth-order valence-electron chi connectivity index (χ4n) is 5.39. The number of anilines is 1. The zero-order valence-corrected chi connectivity index (χ0v) is 25.1. The Hall–Kier alpha value is -3.30. The molecule has 2 aromatic rings. The number of ether oxygens (including phenoxy) is 3. The van der Waals surface area contributed by atoms with Crippen molar-refractivity contribution in [3.8, 4) is 11.5 Å². The third kappa shape index (κ3) is 7.13. The second-order valence-corrected chi connectivity index (χ2v) is 12.2. The number of hydrogen-bond acceptors (Lipinski definition) is 6. The number of piperidine rings is 1. The predicted octanol–water partition coefficient (Wildman–Crippen LogP) is 5.33. The van der Waals surface area contributed by atoms with E-state index in [9.17, 15) is 19.5 Å². The van der Waals surface area contributed by atoms with E-state index < -0.39 is 24.1 Å². The lowest BCUT2D eigenvalue weighted by molar-refractivity contribution is -0.148. The van der Waals surface area contributed by atoms with Crippen LogP contribution in [-0.2, 0) is 19.1 Å². The molecule has 0 spiro atoms. The number of carbonyl (C=O) groups excluding carboxylic acids is 2. The molecule has 0 saturated carbocycles. The minimum atomic E-state index is -1.09. The van der Waals surface area contributed by atoms with E-state index in [1.807, 2.05) is 39.8 Å².